The molecule has 1 unspecified atom stereocenters. The van der Waals surface area contributed by atoms with Crippen LogP contribution >= 0.6 is 0 Å². The molecule has 0 saturated heterocycles. The van der Waals surface area contributed by atoms with E-state index in [4.69, 9.17) is 5.73 Å². The third kappa shape index (κ3) is 3.05. The number of hydrogen-bond acceptors (Lipinski definition) is 2. The number of hydrogen-bond donors (Lipinski definition) is 2. The molecule has 0 heterocycles. The van der Waals surface area contributed by atoms with Crippen molar-refractivity contribution in [3.63, 3.8) is 0 Å². The average molecular weight is 204 g/mol. The van der Waals surface area contributed by atoms with Crippen molar-refractivity contribution in [1.29, 1.82) is 0 Å². The van der Waals surface area contributed by atoms with Gasteiger partial charge in [-0.15, -0.1) is 0 Å². The standard InChI is InChI=1S/C13H20N2/c1-10-3-2-4-12(7-10)13(8-14)15-9-11-5-6-11/h2-4,7,11,13,15H,5-6,8-9,14H2,1H3. The highest BCUT2D eigenvalue weighted by atomic mass is 14.9. The number of aryl methyl sites for hydroxylation is 1. The fraction of sp³-hybridized carbons (Fsp3) is 0.538. The zero-order chi connectivity index (χ0) is 10.7. The van der Waals surface area contributed by atoms with Crippen molar-refractivity contribution in [2.45, 2.75) is 25.8 Å². The highest BCUT2D eigenvalue weighted by Gasteiger charge is 2.22. The van der Waals surface area contributed by atoms with E-state index in [9.17, 15) is 0 Å². The summed E-state index contributed by atoms with van der Waals surface area (Å²) in [4.78, 5) is 0. The van der Waals surface area contributed by atoms with Gasteiger partial charge in [0.2, 0.25) is 0 Å². The topological polar surface area (TPSA) is 38.0 Å². The largest absolute Gasteiger partial charge is 0.329 e. The summed E-state index contributed by atoms with van der Waals surface area (Å²) in [6.45, 7) is 3.92. The minimum atomic E-state index is 0.325. The van der Waals surface area contributed by atoms with Crippen molar-refractivity contribution in [3.05, 3.63) is 35.4 Å². The lowest BCUT2D eigenvalue weighted by molar-refractivity contribution is 0.522. The summed E-state index contributed by atoms with van der Waals surface area (Å²) in [6, 6.07) is 8.93. The van der Waals surface area contributed by atoms with Gasteiger partial charge in [-0.05, 0) is 37.8 Å². The molecule has 82 valence electrons. The molecule has 0 radical (unpaired) electrons. The van der Waals surface area contributed by atoms with E-state index in [1.54, 1.807) is 0 Å². The zero-order valence-corrected chi connectivity index (χ0v) is 9.37. The van der Waals surface area contributed by atoms with Gasteiger partial charge in [0.05, 0.1) is 0 Å². The molecule has 0 aliphatic heterocycles. The smallest absolute Gasteiger partial charge is 0.0444 e. The molecule has 1 atom stereocenters. The van der Waals surface area contributed by atoms with Crippen LogP contribution in [0.15, 0.2) is 24.3 Å². The summed E-state index contributed by atoms with van der Waals surface area (Å²) in [5.41, 5.74) is 8.42. The maximum Gasteiger partial charge on any atom is 0.0444 e. The van der Waals surface area contributed by atoms with E-state index in [1.165, 1.54) is 24.0 Å². The highest BCUT2D eigenvalue weighted by molar-refractivity contribution is 5.25. The van der Waals surface area contributed by atoms with Gasteiger partial charge in [-0.1, -0.05) is 29.8 Å². The first-order chi connectivity index (χ1) is 7.29. The van der Waals surface area contributed by atoms with Crippen LogP contribution < -0.4 is 11.1 Å². The molecule has 3 N–H and O–H groups in total. The molecular weight excluding hydrogens is 184 g/mol. The van der Waals surface area contributed by atoms with Crippen LogP contribution in [0.1, 0.15) is 30.0 Å². The second kappa shape index (κ2) is 4.77. The molecule has 0 bridgehead atoms. The number of nitrogens with two attached hydrogens (primary N) is 1. The van der Waals surface area contributed by atoms with E-state index in [1.807, 2.05) is 0 Å². The van der Waals surface area contributed by atoms with Gasteiger partial charge in [0.25, 0.3) is 0 Å². The first kappa shape index (κ1) is 10.7. The molecule has 2 rings (SSSR count). The first-order valence-corrected chi connectivity index (χ1v) is 5.79. The molecule has 0 amide bonds. The lowest BCUT2D eigenvalue weighted by Crippen LogP contribution is -2.29. The van der Waals surface area contributed by atoms with Crippen LogP contribution in [0.25, 0.3) is 0 Å². The number of rotatable bonds is 5. The Labute approximate surface area is 91.9 Å². The van der Waals surface area contributed by atoms with Crippen LogP contribution in [-0.2, 0) is 0 Å². The maximum atomic E-state index is 5.80. The quantitative estimate of drug-likeness (QED) is 0.770. The van der Waals surface area contributed by atoms with Gasteiger partial charge in [0, 0.05) is 12.6 Å². The number of nitrogens with one attached hydrogen (secondary N) is 1. The normalized spacial score (nSPS) is 17.7. The van der Waals surface area contributed by atoms with Crippen molar-refractivity contribution in [2.75, 3.05) is 13.1 Å². The van der Waals surface area contributed by atoms with Gasteiger partial charge in [-0.3, -0.25) is 0 Å². The monoisotopic (exact) mass is 204 g/mol. The molecular formula is C13H20N2. The predicted molar refractivity (Wildman–Crippen MR) is 63.7 cm³/mol. The molecule has 1 saturated carbocycles. The second-order valence-electron chi connectivity index (χ2n) is 4.55. The molecule has 1 aromatic carbocycles. The molecule has 1 fully saturated rings. The summed E-state index contributed by atoms with van der Waals surface area (Å²) in [5.74, 6) is 0.906. The van der Waals surface area contributed by atoms with Crippen molar-refractivity contribution >= 4 is 0 Å². The Morgan fingerprint density at radius 3 is 2.87 bits per heavy atom. The van der Waals surface area contributed by atoms with Crippen molar-refractivity contribution in [3.8, 4) is 0 Å². The van der Waals surface area contributed by atoms with Crippen LogP contribution in [-0.4, -0.2) is 13.1 Å². The van der Waals surface area contributed by atoms with Gasteiger partial charge >= 0.3 is 0 Å². The molecule has 2 nitrogen and oxygen atoms in total. The van der Waals surface area contributed by atoms with Crippen molar-refractivity contribution in [1.82, 2.24) is 5.32 Å². The van der Waals surface area contributed by atoms with E-state index in [2.05, 4.69) is 36.5 Å². The lowest BCUT2D eigenvalue weighted by atomic mass is 10.0. The van der Waals surface area contributed by atoms with Crippen LogP contribution in [0.2, 0.25) is 0 Å². The van der Waals surface area contributed by atoms with Gasteiger partial charge in [0.1, 0.15) is 0 Å². The number of benzene rings is 1. The van der Waals surface area contributed by atoms with Crippen LogP contribution in [0.3, 0.4) is 0 Å². The molecule has 1 aliphatic rings. The Bertz CT molecular complexity index is 318. The Kier molecular flexibility index (Phi) is 3.39. The van der Waals surface area contributed by atoms with Gasteiger partial charge < -0.3 is 11.1 Å². The van der Waals surface area contributed by atoms with E-state index in [0.717, 1.165) is 12.5 Å². The molecule has 15 heavy (non-hydrogen) atoms. The van der Waals surface area contributed by atoms with Gasteiger partial charge in [-0.25, -0.2) is 0 Å². The summed E-state index contributed by atoms with van der Waals surface area (Å²) < 4.78 is 0. The lowest BCUT2D eigenvalue weighted by Gasteiger charge is -2.17. The Morgan fingerprint density at radius 1 is 1.47 bits per heavy atom. The summed E-state index contributed by atoms with van der Waals surface area (Å²) >= 11 is 0. The summed E-state index contributed by atoms with van der Waals surface area (Å²) in [6.07, 6.45) is 2.77. The second-order valence-corrected chi connectivity index (χ2v) is 4.55. The summed E-state index contributed by atoms with van der Waals surface area (Å²) in [5, 5.41) is 3.55. The predicted octanol–water partition coefficient (Wildman–Crippen LogP) is 1.99. The molecule has 1 aliphatic carbocycles. The maximum absolute atomic E-state index is 5.80. The van der Waals surface area contributed by atoms with Crippen LogP contribution in [0.4, 0.5) is 0 Å². The van der Waals surface area contributed by atoms with Gasteiger partial charge in [-0.2, -0.15) is 0 Å². The third-order valence-electron chi connectivity index (χ3n) is 3.03. The van der Waals surface area contributed by atoms with Crippen LogP contribution in [0, 0.1) is 12.8 Å². The van der Waals surface area contributed by atoms with E-state index in [0.29, 0.717) is 12.6 Å². The first-order valence-electron chi connectivity index (χ1n) is 5.79. The van der Waals surface area contributed by atoms with E-state index in [-0.39, 0.29) is 0 Å². The van der Waals surface area contributed by atoms with Crippen LogP contribution in [0.5, 0.6) is 0 Å². The van der Waals surface area contributed by atoms with E-state index >= 15 is 0 Å². The minimum Gasteiger partial charge on any atom is -0.329 e. The fourth-order valence-electron chi connectivity index (χ4n) is 1.86. The summed E-state index contributed by atoms with van der Waals surface area (Å²) in [7, 11) is 0. The third-order valence-corrected chi connectivity index (χ3v) is 3.03. The Balaban J connectivity index is 1.97. The van der Waals surface area contributed by atoms with Gasteiger partial charge in [0.15, 0.2) is 0 Å². The molecule has 0 aromatic heterocycles. The van der Waals surface area contributed by atoms with Crippen molar-refractivity contribution < 1.29 is 0 Å². The Morgan fingerprint density at radius 2 is 2.27 bits per heavy atom. The SMILES string of the molecule is Cc1cccc(C(CN)NCC2CC2)c1. The minimum absolute atomic E-state index is 0.325. The zero-order valence-electron chi connectivity index (χ0n) is 9.37. The average Bonchev–Trinajstić information content (AvgIpc) is 3.03. The fourth-order valence-corrected chi connectivity index (χ4v) is 1.86. The Hall–Kier alpha value is -0.860. The van der Waals surface area contributed by atoms with E-state index < -0.39 is 0 Å². The molecule has 2 heteroatoms. The highest BCUT2D eigenvalue weighted by Crippen LogP contribution is 2.28. The molecule has 1 aromatic rings. The molecule has 0 spiro atoms. The van der Waals surface area contributed by atoms with Crippen molar-refractivity contribution in [2.24, 2.45) is 11.7 Å².